The maximum absolute atomic E-state index is 12.6. The first-order valence-corrected chi connectivity index (χ1v) is 8.28. The number of carbonyl (C=O) groups is 2. The molecule has 0 spiro atoms. The number of methoxy groups -OCH3 is 1. The Balaban J connectivity index is 1.80. The maximum Gasteiger partial charge on any atom is 0.338 e. The highest BCUT2D eigenvalue weighted by molar-refractivity contribution is 6.08. The van der Waals surface area contributed by atoms with E-state index in [0.717, 1.165) is 22.2 Å². The predicted octanol–water partition coefficient (Wildman–Crippen LogP) is 3.91. The highest BCUT2D eigenvalue weighted by Crippen LogP contribution is 2.26. The Morgan fingerprint density at radius 3 is 2.50 bits per heavy atom. The first-order chi connectivity index (χ1) is 12.5. The molecular weight excluding hydrogens is 332 g/mol. The molecule has 0 atom stereocenters. The van der Waals surface area contributed by atoms with Crippen LogP contribution in [0.25, 0.3) is 10.9 Å². The smallest absolute Gasteiger partial charge is 0.338 e. The summed E-state index contributed by atoms with van der Waals surface area (Å²) < 4.78 is 10.2. The topological polar surface area (TPSA) is 80.4 Å². The number of rotatable bonds is 5. The Bertz CT molecular complexity index is 958. The molecular formula is C20H20N2O4. The molecule has 1 aromatic heterocycles. The van der Waals surface area contributed by atoms with Gasteiger partial charge in [-0.25, -0.2) is 4.79 Å². The van der Waals surface area contributed by atoms with E-state index in [4.69, 9.17) is 9.47 Å². The van der Waals surface area contributed by atoms with Crippen LogP contribution in [0, 0.1) is 6.92 Å². The van der Waals surface area contributed by atoms with E-state index in [1.807, 2.05) is 25.1 Å². The molecule has 0 aliphatic carbocycles. The minimum Gasteiger partial charge on any atom is -0.497 e. The minimum absolute atomic E-state index is 0.249. The molecule has 0 bridgehead atoms. The summed E-state index contributed by atoms with van der Waals surface area (Å²) in [7, 11) is 1.60. The van der Waals surface area contributed by atoms with E-state index < -0.39 is 0 Å². The lowest BCUT2D eigenvalue weighted by Crippen LogP contribution is -2.13. The zero-order valence-electron chi connectivity index (χ0n) is 14.9. The van der Waals surface area contributed by atoms with E-state index in [-0.39, 0.29) is 11.9 Å². The van der Waals surface area contributed by atoms with Crippen LogP contribution in [0.2, 0.25) is 0 Å². The summed E-state index contributed by atoms with van der Waals surface area (Å²) in [6, 6.07) is 12.2. The van der Waals surface area contributed by atoms with Crippen molar-refractivity contribution in [2.45, 2.75) is 13.8 Å². The zero-order valence-corrected chi connectivity index (χ0v) is 14.9. The van der Waals surface area contributed by atoms with Crippen molar-refractivity contribution in [3.63, 3.8) is 0 Å². The number of hydrogen-bond acceptors (Lipinski definition) is 4. The van der Waals surface area contributed by atoms with Gasteiger partial charge in [0.2, 0.25) is 0 Å². The number of hydrogen-bond donors (Lipinski definition) is 2. The normalized spacial score (nSPS) is 10.6. The molecule has 0 aliphatic rings. The van der Waals surface area contributed by atoms with Crippen LogP contribution in [0.4, 0.5) is 5.69 Å². The summed E-state index contributed by atoms with van der Waals surface area (Å²) in [5, 5.41) is 3.80. The van der Waals surface area contributed by atoms with Crippen LogP contribution in [0.5, 0.6) is 5.75 Å². The molecule has 0 aliphatic heterocycles. The molecule has 0 saturated heterocycles. The van der Waals surface area contributed by atoms with Gasteiger partial charge in [-0.2, -0.15) is 0 Å². The second kappa shape index (κ2) is 7.31. The van der Waals surface area contributed by atoms with Crippen molar-refractivity contribution in [1.82, 2.24) is 4.98 Å². The monoisotopic (exact) mass is 352 g/mol. The van der Waals surface area contributed by atoms with Gasteiger partial charge >= 0.3 is 5.97 Å². The van der Waals surface area contributed by atoms with Crippen molar-refractivity contribution in [1.29, 1.82) is 0 Å². The summed E-state index contributed by atoms with van der Waals surface area (Å²) in [6.45, 7) is 3.97. The maximum atomic E-state index is 12.6. The quantitative estimate of drug-likeness (QED) is 0.682. The number of anilines is 1. The summed E-state index contributed by atoms with van der Waals surface area (Å²) in [6.07, 6.45) is 0. The van der Waals surface area contributed by atoms with Gasteiger partial charge in [-0.15, -0.1) is 0 Å². The molecule has 26 heavy (non-hydrogen) atoms. The molecule has 0 fully saturated rings. The zero-order chi connectivity index (χ0) is 18.7. The van der Waals surface area contributed by atoms with Gasteiger partial charge in [0.15, 0.2) is 0 Å². The predicted molar refractivity (Wildman–Crippen MR) is 99.9 cm³/mol. The van der Waals surface area contributed by atoms with E-state index >= 15 is 0 Å². The Morgan fingerprint density at radius 2 is 1.85 bits per heavy atom. The summed E-state index contributed by atoms with van der Waals surface area (Å²) in [5.41, 5.74) is 3.23. The van der Waals surface area contributed by atoms with Crippen molar-refractivity contribution in [3.8, 4) is 5.75 Å². The third kappa shape index (κ3) is 3.39. The second-order valence-corrected chi connectivity index (χ2v) is 5.79. The molecule has 1 amide bonds. The number of carbonyl (C=O) groups excluding carboxylic acids is 2. The molecule has 2 aromatic carbocycles. The molecule has 6 heteroatoms. The fraction of sp³-hybridized carbons (Fsp3) is 0.200. The fourth-order valence-electron chi connectivity index (χ4n) is 2.77. The van der Waals surface area contributed by atoms with Crippen LogP contribution in [0.1, 0.15) is 33.3 Å². The lowest BCUT2D eigenvalue weighted by molar-refractivity contribution is 0.0526. The van der Waals surface area contributed by atoms with Crippen molar-refractivity contribution in [2.75, 3.05) is 19.0 Å². The van der Waals surface area contributed by atoms with Gasteiger partial charge in [-0.05, 0) is 55.8 Å². The number of H-pyrrole nitrogens is 1. The molecule has 3 rings (SSSR count). The molecule has 134 valence electrons. The van der Waals surface area contributed by atoms with E-state index in [9.17, 15) is 9.59 Å². The second-order valence-electron chi connectivity index (χ2n) is 5.79. The summed E-state index contributed by atoms with van der Waals surface area (Å²) in [4.78, 5) is 27.4. The largest absolute Gasteiger partial charge is 0.497 e. The van der Waals surface area contributed by atoms with Gasteiger partial charge in [0.05, 0.1) is 19.3 Å². The van der Waals surface area contributed by atoms with Crippen molar-refractivity contribution in [3.05, 3.63) is 59.3 Å². The number of fused-ring (bicyclic) bond motifs is 1. The minimum atomic E-state index is -0.384. The standard InChI is InChI=1S/C20H20N2O4/c1-4-26-20(24)13-5-7-14(8-6-13)21-19(23)18-12(2)16-10-9-15(25-3)11-17(16)22-18/h5-11,22H,4H2,1-3H3,(H,21,23). The first-order valence-electron chi connectivity index (χ1n) is 8.28. The van der Waals surface area contributed by atoms with Crippen molar-refractivity contribution < 1.29 is 19.1 Å². The van der Waals surface area contributed by atoms with Gasteiger partial charge in [0.1, 0.15) is 11.4 Å². The van der Waals surface area contributed by atoms with Crippen LogP contribution in [0.15, 0.2) is 42.5 Å². The van der Waals surface area contributed by atoms with Gasteiger partial charge in [0.25, 0.3) is 5.91 Å². The number of amides is 1. The van der Waals surface area contributed by atoms with E-state index in [1.54, 1.807) is 38.3 Å². The average Bonchev–Trinajstić information content (AvgIpc) is 2.98. The van der Waals surface area contributed by atoms with Gasteiger partial charge in [-0.3, -0.25) is 4.79 Å². The van der Waals surface area contributed by atoms with Crippen LogP contribution in [-0.4, -0.2) is 30.6 Å². The van der Waals surface area contributed by atoms with Gasteiger partial charge < -0.3 is 19.8 Å². The Hall–Kier alpha value is -3.28. The molecule has 0 radical (unpaired) electrons. The molecule has 6 nitrogen and oxygen atoms in total. The molecule has 2 N–H and O–H groups in total. The van der Waals surface area contributed by atoms with Crippen molar-refractivity contribution >= 4 is 28.5 Å². The first kappa shape index (κ1) is 17.5. The van der Waals surface area contributed by atoms with Gasteiger partial charge in [0, 0.05) is 22.7 Å². The Morgan fingerprint density at radius 1 is 1.12 bits per heavy atom. The molecule has 0 saturated carbocycles. The highest BCUT2D eigenvalue weighted by atomic mass is 16.5. The highest BCUT2D eigenvalue weighted by Gasteiger charge is 2.16. The third-order valence-corrected chi connectivity index (χ3v) is 4.15. The Kier molecular flexibility index (Phi) is 4.93. The van der Waals surface area contributed by atoms with Crippen LogP contribution >= 0.6 is 0 Å². The van der Waals surface area contributed by atoms with Crippen LogP contribution in [-0.2, 0) is 4.74 Å². The van der Waals surface area contributed by atoms with Crippen LogP contribution in [0.3, 0.4) is 0 Å². The number of esters is 1. The van der Waals surface area contributed by atoms with Crippen LogP contribution < -0.4 is 10.1 Å². The molecule has 1 heterocycles. The Labute approximate surface area is 151 Å². The number of benzene rings is 2. The number of nitrogens with one attached hydrogen (secondary N) is 2. The number of ether oxygens (including phenoxy) is 2. The lowest BCUT2D eigenvalue weighted by atomic mass is 10.1. The van der Waals surface area contributed by atoms with Crippen molar-refractivity contribution in [2.24, 2.45) is 0 Å². The number of aryl methyl sites for hydroxylation is 1. The summed E-state index contributed by atoms with van der Waals surface area (Å²) >= 11 is 0. The fourth-order valence-corrected chi connectivity index (χ4v) is 2.77. The third-order valence-electron chi connectivity index (χ3n) is 4.15. The SMILES string of the molecule is CCOC(=O)c1ccc(NC(=O)c2[nH]c3cc(OC)ccc3c2C)cc1. The average molecular weight is 352 g/mol. The van der Waals surface area contributed by atoms with E-state index in [0.29, 0.717) is 23.6 Å². The number of aromatic amines is 1. The van der Waals surface area contributed by atoms with Gasteiger partial charge in [-0.1, -0.05) is 0 Å². The molecule has 0 unspecified atom stereocenters. The molecule has 3 aromatic rings. The summed E-state index contributed by atoms with van der Waals surface area (Å²) in [5.74, 6) is 0.0904. The van der Waals surface area contributed by atoms with E-state index in [1.165, 1.54) is 0 Å². The number of aromatic nitrogens is 1. The van der Waals surface area contributed by atoms with E-state index in [2.05, 4.69) is 10.3 Å². The lowest BCUT2D eigenvalue weighted by Gasteiger charge is -2.06.